The lowest BCUT2D eigenvalue weighted by atomic mass is 9.79. The summed E-state index contributed by atoms with van der Waals surface area (Å²) in [6.45, 7) is -0.0161. The Morgan fingerprint density at radius 1 is 1.36 bits per heavy atom. The molecule has 5 nitrogen and oxygen atoms in total. The predicted octanol–water partition coefficient (Wildman–Crippen LogP) is 3.57. The number of carbonyl (C=O) groups is 1. The van der Waals surface area contributed by atoms with Crippen molar-refractivity contribution in [3.05, 3.63) is 45.9 Å². The fourth-order valence-corrected chi connectivity index (χ4v) is 8.38. The first kappa shape index (κ1) is 15.8. The van der Waals surface area contributed by atoms with Crippen LogP contribution in [0.2, 0.25) is 0 Å². The van der Waals surface area contributed by atoms with Crippen LogP contribution in [0.5, 0.6) is 0 Å². The number of fused-ring (bicyclic) bond motifs is 3. The van der Waals surface area contributed by atoms with E-state index in [1.165, 1.54) is 0 Å². The van der Waals surface area contributed by atoms with E-state index in [4.69, 9.17) is 0 Å². The molecule has 3 heterocycles. The van der Waals surface area contributed by atoms with Gasteiger partial charge in [-0.15, -0.1) is 23.5 Å². The Balaban J connectivity index is 1.67. The van der Waals surface area contributed by atoms with Crippen molar-refractivity contribution in [3.8, 4) is 0 Å². The summed E-state index contributed by atoms with van der Waals surface area (Å²) in [6.07, 6.45) is 4.40. The van der Waals surface area contributed by atoms with Crippen LogP contribution in [0.25, 0.3) is 0 Å². The molecule has 4 aliphatic rings. The highest BCUT2D eigenvalue weighted by Gasteiger charge is 2.66. The number of anilines is 1. The summed E-state index contributed by atoms with van der Waals surface area (Å²) >= 11 is 3.64. The van der Waals surface area contributed by atoms with Crippen LogP contribution in [0.1, 0.15) is 19.3 Å². The smallest absolute Gasteiger partial charge is 0.227 e. The van der Waals surface area contributed by atoms with E-state index < -0.39 is 0 Å². The topological polar surface area (TPSA) is 63.4 Å². The molecule has 1 saturated heterocycles. The number of carbonyl (C=O) groups excluding carboxylic acids is 1. The maximum absolute atomic E-state index is 13.1. The molecule has 1 aromatic carbocycles. The standard InChI is InChI=1S/C18H18N2O3S2/c21-16-9-12-11(10-19(22)23)5-7-18(12)17-15(6-8-24-17)25-14-4-2-1-3-13(14)20(16)18/h1-4,6,8,11-12,15,17H,5,7,9-10H2/t11-,12-,15?,17?,18+/m0/s1. The number of para-hydroxylation sites is 1. The van der Waals surface area contributed by atoms with Gasteiger partial charge in [0.15, 0.2) is 0 Å². The highest BCUT2D eigenvalue weighted by molar-refractivity contribution is 8.06. The number of benzene rings is 1. The second-order valence-corrected chi connectivity index (χ2v) is 9.55. The molecule has 0 bridgehead atoms. The average molecular weight is 374 g/mol. The zero-order valence-electron chi connectivity index (χ0n) is 13.5. The summed E-state index contributed by atoms with van der Waals surface area (Å²) in [5.41, 5.74) is 0.723. The first-order valence-corrected chi connectivity index (χ1v) is 10.5. The molecule has 2 fully saturated rings. The first-order chi connectivity index (χ1) is 12.1. The molecule has 0 aromatic heterocycles. The highest BCUT2D eigenvalue weighted by Crippen LogP contribution is 2.62. The zero-order valence-corrected chi connectivity index (χ0v) is 15.2. The monoisotopic (exact) mass is 374 g/mol. The number of thioether (sulfide) groups is 2. The summed E-state index contributed by atoms with van der Waals surface area (Å²) in [5.74, 6) is 0.220. The Morgan fingerprint density at radius 3 is 3.04 bits per heavy atom. The minimum absolute atomic E-state index is 0.000984. The van der Waals surface area contributed by atoms with Gasteiger partial charge >= 0.3 is 0 Å². The van der Waals surface area contributed by atoms with Crippen molar-refractivity contribution in [2.45, 2.75) is 40.2 Å². The summed E-state index contributed by atoms with van der Waals surface area (Å²) in [4.78, 5) is 27.2. The Morgan fingerprint density at radius 2 is 2.20 bits per heavy atom. The van der Waals surface area contributed by atoms with Crippen LogP contribution in [0, 0.1) is 22.0 Å². The van der Waals surface area contributed by atoms with Crippen LogP contribution in [-0.4, -0.2) is 33.4 Å². The largest absolute Gasteiger partial charge is 0.304 e. The number of hydrogen-bond donors (Lipinski definition) is 0. The molecule has 1 aliphatic carbocycles. The number of hydrogen-bond acceptors (Lipinski definition) is 5. The van der Waals surface area contributed by atoms with E-state index in [-0.39, 0.29) is 40.0 Å². The van der Waals surface area contributed by atoms with E-state index in [9.17, 15) is 14.9 Å². The molecular formula is C18H18N2O3S2. The molecular weight excluding hydrogens is 356 g/mol. The third-order valence-corrected chi connectivity index (χ3v) is 9.01. The van der Waals surface area contributed by atoms with E-state index in [2.05, 4.69) is 17.6 Å². The maximum atomic E-state index is 13.1. The molecule has 0 N–H and O–H groups in total. The van der Waals surface area contributed by atoms with Crippen LogP contribution < -0.4 is 4.90 Å². The molecule has 1 saturated carbocycles. The molecule has 25 heavy (non-hydrogen) atoms. The Hall–Kier alpha value is -1.47. The minimum atomic E-state index is -0.282. The van der Waals surface area contributed by atoms with Gasteiger partial charge in [0.25, 0.3) is 0 Å². The Bertz CT molecular complexity index is 798. The van der Waals surface area contributed by atoms with Gasteiger partial charge in [0.1, 0.15) is 0 Å². The molecule has 0 radical (unpaired) electrons. The minimum Gasteiger partial charge on any atom is -0.304 e. The van der Waals surface area contributed by atoms with Gasteiger partial charge in [0, 0.05) is 38.6 Å². The number of amides is 1. The summed E-state index contributed by atoms with van der Waals surface area (Å²) in [5, 5.41) is 13.9. The van der Waals surface area contributed by atoms with E-state index >= 15 is 0 Å². The third-order valence-electron chi connectivity index (χ3n) is 6.22. The summed E-state index contributed by atoms with van der Waals surface area (Å²) in [7, 11) is 0. The lowest BCUT2D eigenvalue weighted by Gasteiger charge is -2.43. The van der Waals surface area contributed by atoms with Gasteiger partial charge in [0.2, 0.25) is 12.5 Å². The third kappa shape index (κ3) is 2.08. The van der Waals surface area contributed by atoms with Gasteiger partial charge in [-0.2, -0.15) is 0 Å². The number of rotatable bonds is 2. The number of nitrogens with zero attached hydrogens (tertiary/aromatic N) is 2. The second-order valence-electron chi connectivity index (χ2n) is 7.28. The fraction of sp³-hybridized carbons (Fsp3) is 0.500. The summed E-state index contributed by atoms with van der Waals surface area (Å²) < 4.78 is 0. The van der Waals surface area contributed by atoms with Crippen molar-refractivity contribution < 1.29 is 9.72 Å². The molecule has 7 heteroatoms. The van der Waals surface area contributed by atoms with Gasteiger partial charge in [-0.25, -0.2) is 0 Å². The van der Waals surface area contributed by atoms with Gasteiger partial charge in [0.05, 0.1) is 11.2 Å². The van der Waals surface area contributed by atoms with Crippen molar-refractivity contribution >= 4 is 35.1 Å². The predicted molar refractivity (Wildman–Crippen MR) is 99.5 cm³/mol. The van der Waals surface area contributed by atoms with Crippen LogP contribution in [0.4, 0.5) is 5.69 Å². The van der Waals surface area contributed by atoms with Gasteiger partial charge in [-0.1, -0.05) is 18.2 Å². The van der Waals surface area contributed by atoms with E-state index in [1.54, 1.807) is 0 Å². The maximum Gasteiger partial charge on any atom is 0.227 e. The summed E-state index contributed by atoms with van der Waals surface area (Å²) in [6, 6.07) is 8.14. The quantitative estimate of drug-likeness (QED) is 0.585. The van der Waals surface area contributed by atoms with Crippen LogP contribution in [0.15, 0.2) is 40.6 Å². The molecule has 1 aromatic rings. The normalized spacial score (nSPS) is 38.1. The zero-order chi connectivity index (χ0) is 17.2. The molecule has 5 rings (SSSR count). The van der Waals surface area contributed by atoms with Gasteiger partial charge in [-0.05, 0) is 30.4 Å². The Kier molecular flexibility index (Phi) is 3.47. The van der Waals surface area contributed by atoms with Crippen molar-refractivity contribution in [2.75, 3.05) is 11.4 Å². The average Bonchev–Trinajstić information content (AvgIpc) is 3.21. The molecule has 130 valence electrons. The molecule has 2 unspecified atom stereocenters. The van der Waals surface area contributed by atoms with E-state index in [1.807, 2.05) is 46.6 Å². The van der Waals surface area contributed by atoms with Crippen molar-refractivity contribution in [3.63, 3.8) is 0 Å². The number of nitro groups is 1. The molecule has 5 atom stereocenters. The lowest BCUT2D eigenvalue weighted by Crippen LogP contribution is -2.56. The fourth-order valence-electron chi connectivity index (χ4n) is 5.37. The van der Waals surface area contributed by atoms with Crippen LogP contribution >= 0.6 is 23.5 Å². The first-order valence-electron chi connectivity index (χ1n) is 8.64. The SMILES string of the molecule is O=C1C[C@H]2[C@H](C[N+](=O)[O-])CC[C@]23C2SC=CC2Sc2ccccc2N13. The van der Waals surface area contributed by atoms with E-state index in [0.29, 0.717) is 11.7 Å². The molecule has 1 spiro atoms. The van der Waals surface area contributed by atoms with Crippen molar-refractivity contribution in [1.29, 1.82) is 0 Å². The van der Waals surface area contributed by atoms with Crippen molar-refractivity contribution in [2.24, 2.45) is 11.8 Å². The molecule has 1 amide bonds. The second kappa shape index (κ2) is 5.51. The Labute approximate surface area is 154 Å². The van der Waals surface area contributed by atoms with Crippen LogP contribution in [0.3, 0.4) is 0 Å². The van der Waals surface area contributed by atoms with Crippen molar-refractivity contribution in [1.82, 2.24) is 0 Å². The van der Waals surface area contributed by atoms with Gasteiger partial charge < -0.3 is 4.90 Å². The van der Waals surface area contributed by atoms with E-state index in [0.717, 1.165) is 23.4 Å². The van der Waals surface area contributed by atoms with Crippen LogP contribution in [-0.2, 0) is 4.79 Å². The molecule has 3 aliphatic heterocycles. The highest BCUT2D eigenvalue weighted by atomic mass is 32.2. The van der Waals surface area contributed by atoms with Gasteiger partial charge in [-0.3, -0.25) is 14.9 Å². The lowest BCUT2D eigenvalue weighted by molar-refractivity contribution is -0.489.